The van der Waals surface area contributed by atoms with E-state index in [1.165, 1.54) is 11.1 Å². The summed E-state index contributed by atoms with van der Waals surface area (Å²) in [6.45, 7) is 2.71. The van der Waals surface area contributed by atoms with Crippen LogP contribution in [-0.2, 0) is 6.42 Å². The first kappa shape index (κ1) is 11.9. The Labute approximate surface area is 111 Å². The zero-order valence-corrected chi connectivity index (χ0v) is 10.9. The number of hydrogen-bond donors (Lipinski definition) is 1. The van der Waals surface area contributed by atoms with E-state index in [2.05, 4.69) is 35.4 Å². The standard InChI is InChI=1S/C15H16N4/c1-11-6-7-14(12(10-11)8-9-16)19-15-5-3-2-4-13(15)17-18-19/h2-7,10H,8-9,16H2,1H3. The molecule has 2 aromatic carbocycles. The Morgan fingerprint density at radius 3 is 2.84 bits per heavy atom. The zero-order valence-electron chi connectivity index (χ0n) is 10.9. The number of fused-ring (bicyclic) bond motifs is 1. The summed E-state index contributed by atoms with van der Waals surface area (Å²) >= 11 is 0. The normalized spacial score (nSPS) is 11.1. The summed E-state index contributed by atoms with van der Waals surface area (Å²) in [6, 6.07) is 14.3. The third kappa shape index (κ3) is 2.11. The van der Waals surface area contributed by atoms with Crippen LogP contribution in [0.4, 0.5) is 0 Å². The molecule has 0 amide bonds. The molecule has 4 nitrogen and oxygen atoms in total. The Bertz CT molecular complexity index is 715. The summed E-state index contributed by atoms with van der Waals surface area (Å²) in [4.78, 5) is 0. The number of aryl methyl sites for hydroxylation is 1. The predicted molar refractivity (Wildman–Crippen MR) is 76.4 cm³/mol. The molecule has 2 N–H and O–H groups in total. The number of rotatable bonds is 3. The van der Waals surface area contributed by atoms with Crippen molar-refractivity contribution in [1.29, 1.82) is 0 Å². The third-order valence-corrected chi connectivity index (χ3v) is 3.23. The smallest absolute Gasteiger partial charge is 0.113 e. The van der Waals surface area contributed by atoms with Crippen LogP contribution in [0.2, 0.25) is 0 Å². The lowest BCUT2D eigenvalue weighted by Gasteiger charge is -2.10. The maximum atomic E-state index is 5.70. The van der Waals surface area contributed by atoms with Crippen LogP contribution in [0.3, 0.4) is 0 Å². The molecule has 1 heterocycles. The van der Waals surface area contributed by atoms with Crippen molar-refractivity contribution in [2.45, 2.75) is 13.3 Å². The second-order valence-corrected chi connectivity index (χ2v) is 4.66. The van der Waals surface area contributed by atoms with Crippen LogP contribution in [0.15, 0.2) is 42.5 Å². The molecule has 96 valence electrons. The predicted octanol–water partition coefficient (Wildman–Crippen LogP) is 2.23. The summed E-state index contributed by atoms with van der Waals surface area (Å²) in [7, 11) is 0. The molecule has 0 fully saturated rings. The van der Waals surface area contributed by atoms with Gasteiger partial charge < -0.3 is 5.73 Å². The highest BCUT2D eigenvalue weighted by Gasteiger charge is 2.09. The number of hydrogen-bond acceptors (Lipinski definition) is 3. The second kappa shape index (κ2) is 4.82. The molecule has 0 saturated heterocycles. The fourth-order valence-electron chi connectivity index (χ4n) is 2.32. The lowest BCUT2D eigenvalue weighted by atomic mass is 10.1. The Balaban J connectivity index is 2.21. The monoisotopic (exact) mass is 252 g/mol. The molecular formula is C15H16N4. The van der Waals surface area contributed by atoms with E-state index >= 15 is 0 Å². The fraction of sp³-hybridized carbons (Fsp3) is 0.200. The van der Waals surface area contributed by atoms with Crippen LogP contribution in [0.25, 0.3) is 16.7 Å². The molecule has 0 atom stereocenters. The molecule has 0 aliphatic heterocycles. The van der Waals surface area contributed by atoms with Gasteiger partial charge in [-0.25, -0.2) is 4.68 Å². The molecule has 4 heteroatoms. The summed E-state index contributed by atoms with van der Waals surface area (Å²) in [5.41, 5.74) is 11.1. The minimum atomic E-state index is 0.628. The van der Waals surface area contributed by atoms with E-state index in [0.717, 1.165) is 23.1 Å². The summed E-state index contributed by atoms with van der Waals surface area (Å²) in [6.07, 6.45) is 0.838. The molecule has 3 rings (SSSR count). The molecular weight excluding hydrogens is 236 g/mol. The van der Waals surface area contributed by atoms with Crippen LogP contribution >= 0.6 is 0 Å². The van der Waals surface area contributed by atoms with Gasteiger partial charge in [-0.2, -0.15) is 0 Å². The molecule has 1 aromatic heterocycles. The van der Waals surface area contributed by atoms with Gasteiger partial charge in [0.1, 0.15) is 5.52 Å². The van der Waals surface area contributed by atoms with Gasteiger partial charge >= 0.3 is 0 Å². The van der Waals surface area contributed by atoms with E-state index in [1.807, 2.05) is 28.9 Å². The number of para-hydroxylation sites is 1. The number of aromatic nitrogens is 3. The van der Waals surface area contributed by atoms with Crippen molar-refractivity contribution >= 4 is 11.0 Å². The van der Waals surface area contributed by atoms with Gasteiger partial charge in [0.2, 0.25) is 0 Å². The van der Waals surface area contributed by atoms with Crippen molar-refractivity contribution in [3.8, 4) is 5.69 Å². The van der Waals surface area contributed by atoms with E-state index in [9.17, 15) is 0 Å². The highest BCUT2D eigenvalue weighted by molar-refractivity contribution is 5.76. The Hall–Kier alpha value is -2.20. The van der Waals surface area contributed by atoms with Gasteiger partial charge in [-0.1, -0.05) is 35.0 Å². The summed E-state index contributed by atoms with van der Waals surface area (Å²) in [5, 5.41) is 8.46. The first-order valence-corrected chi connectivity index (χ1v) is 6.40. The average Bonchev–Trinajstić information content (AvgIpc) is 2.83. The molecule has 0 bridgehead atoms. The molecule has 3 aromatic rings. The van der Waals surface area contributed by atoms with Crippen molar-refractivity contribution in [3.63, 3.8) is 0 Å². The Morgan fingerprint density at radius 2 is 2.00 bits per heavy atom. The van der Waals surface area contributed by atoms with Crippen molar-refractivity contribution in [2.24, 2.45) is 5.73 Å². The average molecular weight is 252 g/mol. The maximum absolute atomic E-state index is 5.70. The van der Waals surface area contributed by atoms with Crippen molar-refractivity contribution in [2.75, 3.05) is 6.54 Å². The molecule has 0 aliphatic rings. The molecule has 0 radical (unpaired) electrons. The molecule has 19 heavy (non-hydrogen) atoms. The summed E-state index contributed by atoms with van der Waals surface area (Å²) in [5.74, 6) is 0. The zero-order chi connectivity index (χ0) is 13.2. The van der Waals surface area contributed by atoms with E-state index in [4.69, 9.17) is 5.73 Å². The fourth-order valence-corrected chi connectivity index (χ4v) is 2.32. The largest absolute Gasteiger partial charge is 0.330 e. The molecule has 0 spiro atoms. The highest BCUT2D eigenvalue weighted by atomic mass is 15.4. The third-order valence-electron chi connectivity index (χ3n) is 3.23. The van der Waals surface area contributed by atoms with Gasteiger partial charge in [0.05, 0.1) is 11.2 Å². The van der Waals surface area contributed by atoms with E-state index in [0.29, 0.717) is 6.54 Å². The van der Waals surface area contributed by atoms with Gasteiger partial charge in [0, 0.05) is 0 Å². The van der Waals surface area contributed by atoms with E-state index in [-0.39, 0.29) is 0 Å². The highest BCUT2D eigenvalue weighted by Crippen LogP contribution is 2.20. The Kier molecular flexibility index (Phi) is 3.01. The molecule has 0 unspecified atom stereocenters. The second-order valence-electron chi connectivity index (χ2n) is 4.66. The quantitative estimate of drug-likeness (QED) is 0.777. The lowest BCUT2D eigenvalue weighted by molar-refractivity contribution is 0.807. The van der Waals surface area contributed by atoms with Crippen LogP contribution in [-0.4, -0.2) is 21.5 Å². The maximum Gasteiger partial charge on any atom is 0.113 e. The van der Waals surface area contributed by atoms with Crippen LogP contribution in [0, 0.1) is 6.92 Å². The van der Waals surface area contributed by atoms with Gasteiger partial charge in [0.15, 0.2) is 0 Å². The molecule has 0 aliphatic carbocycles. The van der Waals surface area contributed by atoms with Crippen molar-refractivity contribution in [1.82, 2.24) is 15.0 Å². The first-order chi connectivity index (χ1) is 9.29. The van der Waals surface area contributed by atoms with E-state index in [1.54, 1.807) is 0 Å². The van der Waals surface area contributed by atoms with Gasteiger partial charge in [-0.3, -0.25) is 0 Å². The minimum absolute atomic E-state index is 0.628. The van der Waals surface area contributed by atoms with Gasteiger partial charge in [0.25, 0.3) is 0 Å². The number of benzene rings is 2. The van der Waals surface area contributed by atoms with Gasteiger partial charge in [-0.15, -0.1) is 5.10 Å². The van der Waals surface area contributed by atoms with Crippen LogP contribution in [0.5, 0.6) is 0 Å². The molecule has 0 saturated carbocycles. The lowest BCUT2D eigenvalue weighted by Crippen LogP contribution is -2.08. The van der Waals surface area contributed by atoms with Crippen LogP contribution in [0.1, 0.15) is 11.1 Å². The Morgan fingerprint density at radius 1 is 1.16 bits per heavy atom. The van der Waals surface area contributed by atoms with Gasteiger partial charge in [-0.05, 0) is 43.7 Å². The number of nitrogens with two attached hydrogens (primary N) is 1. The topological polar surface area (TPSA) is 56.7 Å². The van der Waals surface area contributed by atoms with Crippen LogP contribution < -0.4 is 5.73 Å². The summed E-state index contributed by atoms with van der Waals surface area (Å²) < 4.78 is 1.89. The SMILES string of the molecule is Cc1ccc(-n2nnc3ccccc32)c(CCN)c1. The number of nitrogens with zero attached hydrogens (tertiary/aromatic N) is 3. The first-order valence-electron chi connectivity index (χ1n) is 6.40. The minimum Gasteiger partial charge on any atom is -0.330 e. The van der Waals surface area contributed by atoms with Crippen molar-refractivity contribution < 1.29 is 0 Å². The van der Waals surface area contributed by atoms with Crippen molar-refractivity contribution in [3.05, 3.63) is 53.6 Å². The van der Waals surface area contributed by atoms with E-state index < -0.39 is 0 Å².